The normalized spacial score (nSPS) is 26.6. The van der Waals surface area contributed by atoms with E-state index < -0.39 is 39.5 Å². The highest BCUT2D eigenvalue weighted by molar-refractivity contribution is 7.87. The van der Waals surface area contributed by atoms with E-state index in [1.165, 1.54) is 4.90 Å². The van der Waals surface area contributed by atoms with Crippen LogP contribution in [0.3, 0.4) is 0 Å². The molecule has 4 rings (SSSR count). The maximum absolute atomic E-state index is 13.1. The summed E-state index contributed by atoms with van der Waals surface area (Å²) in [6.45, 7) is 1.53. The van der Waals surface area contributed by atoms with Crippen LogP contribution >= 0.6 is 11.6 Å². The smallest absolute Gasteiger partial charge is 0.325 e. The molecule has 3 atom stereocenters. The number of nitrogens with zero attached hydrogens (tertiary/aromatic N) is 2. The third kappa shape index (κ3) is 3.82. The van der Waals surface area contributed by atoms with Crippen LogP contribution in [-0.4, -0.2) is 54.9 Å². The van der Waals surface area contributed by atoms with Gasteiger partial charge in [-0.1, -0.05) is 48.9 Å². The fourth-order valence-corrected chi connectivity index (χ4v) is 6.01. The Kier molecular flexibility index (Phi) is 5.55. The van der Waals surface area contributed by atoms with E-state index in [2.05, 4.69) is 4.72 Å². The van der Waals surface area contributed by atoms with Crippen molar-refractivity contribution in [2.24, 2.45) is 5.92 Å². The molecule has 31 heavy (non-hydrogen) atoms. The van der Waals surface area contributed by atoms with Crippen LogP contribution in [0, 0.1) is 5.92 Å². The largest absolute Gasteiger partial charge is 0.480 e. The van der Waals surface area contributed by atoms with E-state index in [1.54, 1.807) is 55.5 Å². The van der Waals surface area contributed by atoms with E-state index in [4.69, 9.17) is 11.6 Å². The molecular weight excluding hydrogens is 442 g/mol. The second kappa shape index (κ2) is 7.90. The summed E-state index contributed by atoms with van der Waals surface area (Å²) >= 11 is 5.88. The molecule has 1 saturated heterocycles. The van der Waals surface area contributed by atoms with Gasteiger partial charge in [-0.25, -0.2) is 0 Å². The zero-order valence-electron chi connectivity index (χ0n) is 16.7. The van der Waals surface area contributed by atoms with Crippen LogP contribution < -0.4 is 9.62 Å². The zero-order chi connectivity index (χ0) is 22.4. The number of carbonyl (C=O) groups is 2. The van der Waals surface area contributed by atoms with Gasteiger partial charge >= 0.3 is 5.97 Å². The second-order valence-electron chi connectivity index (χ2n) is 7.81. The summed E-state index contributed by atoms with van der Waals surface area (Å²) < 4.78 is 29.5. The minimum Gasteiger partial charge on any atom is -0.480 e. The number of hydrogen-bond donors (Lipinski definition) is 2. The molecule has 0 spiro atoms. The van der Waals surface area contributed by atoms with Crippen molar-refractivity contribution in [3.63, 3.8) is 0 Å². The van der Waals surface area contributed by atoms with Crippen LogP contribution in [-0.2, 0) is 19.8 Å². The molecule has 2 fully saturated rings. The summed E-state index contributed by atoms with van der Waals surface area (Å²) in [6.07, 6.45) is 0. The van der Waals surface area contributed by atoms with Crippen molar-refractivity contribution in [2.75, 3.05) is 24.5 Å². The number of halogens is 1. The van der Waals surface area contributed by atoms with Crippen molar-refractivity contribution in [3.8, 4) is 0 Å². The van der Waals surface area contributed by atoms with E-state index in [0.717, 1.165) is 9.87 Å². The monoisotopic (exact) mass is 463 g/mol. The first kappa shape index (κ1) is 21.8. The lowest BCUT2D eigenvalue weighted by Crippen LogP contribution is -2.58. The van der Waals surface area contributed by atoms with Gasteiger partial charge in [-0.2, -0.15) is 17.4 Å². The van der Waals surface area contributed by atoms with Gasteiger partial charge in [0.05, 0.1) is 6.54 Å². The van der Waals surface area contributed by atoms with Crippen LogP contribution in [0.25, 0.3) is 0 Å². The van der Waals surface area contributed by atoms with Gasteiger partial charge in [-0.15, -0.1) is 0 Å². The molecule has 164 valence electrons. The number of aliphatic carboxylic acids is 1. The molecule has 8 nitrogen and oxygen atoms in total. The van der Waals surface area contributed by atoms with Crippen LogP contribution in [0.4, 0.5) is 5.69 Å². The topological polar surface area (TPSA) is 107 Å². The molecule has 1 saturated carbocycles. The zero-order valence-corrected chi connectivity index (χ0v) is 18.3. The van der Waals surface area contributed by atoms with Crippen molar-refractivity contribution in [3.05, 3.63) is 65.2 Å². The van der Waals surface area contributed by atoms with E-state index in [9.17, 15) is 23.1 Å². The Morgan fingerprint density at radius 2 is 1.77 bits per heavy atom. The van der Waals surface area contributed by atoms with Crippen molar-refractivity contribution in [2.45, 2.75) is 18.4 Å². The lowest BCUT2D eigenvalue weighted by atomic mass is 10.1. The number of carbonyl (C=O) groups excluding carboxylic acids is 1. The number of rotatable bonds is 6. The molecule has 2 N–H and O–H groups in total. The highest BCUT2D eigenvalue weighted by Crippen LogP contribution is 2.57. The van der Waals surface area contributed by atoms with Gasteiger partial charge in [0, 0.05) is 29.7 Å². The van der Waals surface area contributed by atoms with E-state index >= 15 is 0 Å². The average molecular weight is 464 g/mol. The van der Waals surface area contributed by atoms with Crippen molar-refractivity contribution < 1.29 is 23.1 Å². The summed E-state index contributed by atoms with van der Waals surface area (Å²) in [5, 5.41) is 10.4. The number of anilines is 1. The van der Waals surface area contributed by atoms with Gasteiger partial charge in [0.1, 0.15) is 5.54 Å². The van der Waals surface area contributed by atoms with Crippen LogP contribution in [0.15, 0.2) is 54.6 Å². The quantitative estimate of drug-likeness (QED) is 0.682. The molecule has 1 unspecified atom stereocenters. The van der Waals surface area contributed by atoms with Crippen LogP contribution in [0.5, 0.6) is 0 Å². The first-order chi connectivity index (χ1) is 14.7. The number of piperazine rings is 1. The molecule has 1 aliphatic heterocycles. The number of hydrogen-bond acceptors (Lipinski definition) is 4. The molecule has 2 aromatic rings. The summed E-state index contributed by atoms with van der Waals surface area (Å²) in [5.41, 5.74) is -0.263. The number of nitrogens with one attached hydrogen (secondary N) is 1. The average Bonchev–Trinajstić information content (AvgIpc) is 3.33. The summed E-state index contributed by atoms with van der Waals surface area (Å²) in [4.78, 5) is 26.3. The predicted octanol–water partition coefficient (Wildman–Crippen LogP) is 2.08. The van der Waals surface area contributed by atoms with Gasteiger partial charge in [0.25, 0.3) is 10.2 Å². The lowest BCUT2D eigenvalue weighted by molar-refractivity contribution is -0.140. The van der Waals surface area contributed by atoms with Gasteiger partial charge in [-0.3, -0.25) is 9.59 Å². The van der Waals surface area contributed by atoms with Crippen molar-refractivity contribution in [1.29, 1.82) is 0 Å². The molecular formula is C21H22ClN3O5S. The molecule has 1 aliphatic carbocycles. The summed E-state index contributed by atoms with van der Waals surface area (Å²) in [5.74, 6) is -2.56. The number of amides is 1. The van der Waals surface area contributed by atoms with Crippen LogP contribution in [0.1, 0.15) is 18.4 Å². The number of carboxylic acids is 1. The minimum atomic E-state index is -4.21. The summed E-state index contributed by atoms with van der Waals surface area (Å²) in [6, 6.07) is 15.7. The van der Waals surface area contributed by atoms with Gasteiger partial charge in [-0.05, 0) is 35.7 Å². The third-order valence-electron chi connectivity index (χ3n) is 6.07. The van der Waals surface area contributed by atoms with Crippen molar-refractivity contribution >= 4 is 39.4 Å². The fraction of sp³-hybridized carbons (Fsp3) is 0.333. The standard InChI is InChI=1S/C21H22ClN3O5S/c1-14-19(15-5-3-2-4-6-15)21(14,20(27)28)23-31(29,30)24-11-12-25(18(26)13-24)17-9-7-16(22)8-10-17/h2-10,14,19,23H,11-13H2,1H3,(H,27,28)/t14?,19-,21-/m0/s1. The van der Waals surface area contributed by atoms with E-state index in [-0.39, 0.29) is 19.6 Å². The maximum Gasteiger partial charge on any atom is 0.325 e. The lowest BCUT2D eigenvalue weighted by Gasteiger charge is -2.34. The van der Waals surface area contributed by atoms with Gasteiger partial charge < -0.3 is 10.0 Å². The highest BCUT2D eigenvalue weighted by atomic mass is 35.5. The minimum absolute atomic E-state index is 0.0454. The Labute approximate surface area is 185 Å². The third-order valence-corrected chi connectivity index (χ3v) is 7.91. The number of benzene rings is 2. The molecule has 0 bridgehead atoms. The highest BCUT2D eigenvalue weighted by Gasteiger charge is 2.70. The molecule has 0 radical (unpaired) electrons. The molecule has 1 heterocycles. The summed E-state index contributed by atoms with van der Waals surface area (Å²) in [7, 11) is -4.21. The van der Waals surface area contributed by atoms with E-state index in [0.29, 0.717) is 10.7 Å². The Bertz CT molecular complexity index is 1110. The van der Waals surface area contributed by atoms with Crippen LogP contribution in [0.2, 0.25) is 5.02 Å². The van der Waals surface area contributed by atoms with E-state index in [1.807, 2.05) is 6.07 Å². The molecule has 10 heteroatoms. The Balaban J connectivity index is 1.52. The van der Waals surface area contributed by atoms with Crippen molar-refractivity contribution in [1.82, 2.24) is 9.03 Å². The van der Waals surface area contributed by atoms with Gasteiger partial charge in [0.2, 0.25) is 5.91 Å². The SMILES string of the molecule is CC1[C@@H](c2ccccc2)[C@]1(NS(=O)(=O)N1CCN(c2ccc(Cl)cc2)C(=O)C1)C(=O)O. The predicted molar refractivity (Wildman–Crippen MR) is 116 cm³/mol. The molecule has 2 aromatic carbocycles. The Morgan fingerprint density at radius 1 is 1.13 bits per heavy atom. The molecule has 0 aromatic heterocycles. The number of carboxylic acid groups (broad SMARTS) is 1. The van der Waals surface area contributed by atoms with Gasteiger partial charge in [0.15, 0.2) is 0 Å². The first-order valence-electron chi connectivity index (χ1n) is 9.80. The first-order valence-corrected chi connectivity index (χ1v) is 11.6. The maximum atomic E-state index is 13.1. The fourth-order valence-electron chi connectivity index (χ4n) is 4.33. The molecule has 2 aliphatic rings. The Morgan fingerprint density at radius 3 is 2.35 bits per heavy atom. The Hall–Kier alpha value is -2.46. The second-order valence-corrected chi connectivity index (χ2v) is 9.92. The molecule has 1 amide bonds.